The fourth-order valence-corrected chi connectivity index (χ4v) is 3.79. The average Bonchev–Trinajstić information content (AvgIpc) is 2.88. The molecule has 0 saturated heterocycles. The van der Waals surface area contributed by atoms with Crippen LogP contribution in [0.15, 0.2) is 97.1 Å². The standard InChI is InChI=1S/C30H26F2N2O2/c1-21-5-11-25(12-6-21)30(36)34(20-23-9-15-27(32)16-10-23)28-4-2-3-24(17-28)18-29(35)33-19-22-7-13-26(31)14-8-22/h2-17H,18-20H2,1H3,(H,33,35). The highest BCUT2D eigenvalue weighted by molar-refractivity contribution is 6.06. The van der Waals surface area contributed by atoms with Crippen LogP contribution in [-0.2, 0) is 24.3 Å². The number of rotatable bonds is 8. The fraction of sp³-hybridized carbons (Fsp3) is 0.133. The van der Waals surface area contributed by atoms with E-state index in [1.807, 2.05) is 37.3 Å². The van der Waals surface area contributed by atoms with Crippen LogP contribution in [0.5, 0.6) is 0 Å². The van der Waals surface area contributed by atoms with Crippen molar-refractivity contribution in [2.24, 2.45) is 0 Å². The van der Waals surface area contributed by atoms with Gasteiger partial charge in [-0.1, -0.05) is 54.1 Å². The number of nitrogens with zero attached hydrogens (tertiary/aromatic N) is 1. The molecule has 6 heteroatoms. The van der Waals surface area contributed by atoms with Crippen molar-refractivity contribution < 1.29 is 18.4 Å². The minimum absolute atomic E-state index is 0.123. The van der Waals surface area contributed by atoms with E-state index in [0.717, 1.165) is 22.3 Å². The summed E-state index contributed by atoms with van der Waals surface area (Å²) in [6, 6.07) is 26.6. The lowest BCUT2D eigenvalue weighted by Gasteiger charge is -2.24. The van der Waals surface area contributed by atoms with E-state index in [2.05, 4.69) is 5.32 Å². The van der Waals surface area contributed by atoms with Crippen molar-refractivity contribution in [3.63, 3.8) is 0 Å². The predicted octanol–water partition coefficient (Wildman–Crippen LogP) is 5.98. The second-order valence-electron chi connectivity index (χ2n) is 8.63. The Morgan fingerprint density at radius 2 is 1.36 bits per heavy atom. The number of hydrogen-bond donors (Lipinski definition) is 1. The van der Waals surface area contributed by atoms with Gasteiger partial charge in [0.05, 0.1) is 13.0 Å². The average molecular weight is 485 g/mol. The Balaban J connectivity index is 1.53. The molecule has 4 rings (SSSR count). The third kappa shape index (κ3) is 6.63. The molecule has 0 bridgehead atoms. The van der Waals surface area contributed by atoms with Gasteiger partial charge in [0, 0.05) is 17.8 Å². The van der Waals surface area contributed by atoms with Gasteiger partial charge < -0.3 is 10.2 Å². The summed E-state index contributed by atoms with van der Waals surface area (Å²) in [5.74, 6) is -1.06. The molecule has 0 aliphatic carbocycles. The minimum atomic E-state index is -0.344. The van der Waals surface area contributed by atoms with Crippen molar-refractivity contribution in [3.8, 4) is 0 Å². The molecular formula is C30H26F2N2O2. The molecule has 0 aromatic heterocycles. The Hall–Kier alpha value is -4.32. The van der Waals surface area contributed by atoms with Crippen molar-refractivity contribution in [2.75, 3.05) is 4.90 Å². The number of aryl methyl sites for hydroxylation is 1. The monoisotopic (exact) mass is 484 g/mol. The summed E-state index contributed by atoms with van der Waals surface area (Å²) in [6.45, 7) is 2.49. The molecule has 0 heterocycles. The van der Waals surface area contributed by atoms with Crippen molar-refractivity contribution in [3.05, 3.63) is 137 Å². The lowest BCUT2D eigenvalue weighted by atomic mass is 10.1. The first-order valence-electron chi connectivity index (χ1n) is 11.6. The fourth-order valence-electron chi connectivity index (χ4n) is 3.79. The summed E-state index contributed by atoms with van der Waals surface area (Å²) in [5, 5.41) is 2.84. The van der Waals surface area contributed by atoms with Gasteiger partial charge in [0.1, 0.15) is 11.6 Å². The highest BCUT2D eigenvalue weighted by Crippen LogP contribution is 2.23. The van der Waals surface area contributed by atoms with E-state index < -0.39 is 0 Å². The Morgan fingerprint density at radius 1 is 0.750 bits per heavy atom. The summed E-state index contributed by atoms with van der Waals surface area (Å²) in [6.07, 6.45) is 0.123. The minimum Gasteiger partial charge on any atom is -0.352 e. The van der Waals surface area contributed by atoms with Gasteiger partial charge in [0.2, 0.25) is 5.91 Å². The quantitative estimate of drug-likeness (QED) is 0.335. The maximum absolute atomic E-state index is 13.5. The number of nitrogens with one attached hydrogen (secondary N) is 1. The van der Waals surface area contributed by atoms with E-state index in [4.69, 9.17) is 0 Å². The van der Waals surface area contributed by atoms with Crippen molar-refractivity contribution in [1.82, 2.24) is 5.32 Å². The number of hydrogen-bond acceptors (Lipinski definition) is 2. The molecule has 0 fully saturated rings. The summed E-state index contributed by atoms with van der Waals surface area (Å²) in [4.78, 5) is 27.7. The molecule has 0 radical (unpaired) electrons. The van der Waals surface area contributed by atoms with E-state index in [1.165, 1.54) is 24.3 Å². The first-order valence-corrected chi connectivity index (χ1v) is 11.6. The molecule has 4 aromatic rings. The van der Waals surface area contributed by atoms with Crippen LogP contribution in [0.4, 0.5) is 14.5 Å². The second-order valence-corrected chi connectivity index (χ2v) is 8.63. The summed E-state index contributed by atoms with van der Waals surface area (Å²) in [7, 11) is 0. The van der Waals surface area contributed by atoms with E-state index >= 15 is 0 Å². The maximum atomic E-state index is 13.5. The van der Waals surface area contributed by atoms with E-state index in [-0.39, 0.29) is 36.4 Å². The van der Waals surface area contributed by atoms with Crippen LogP contribution in [0.3, 0.4) is 0 Å². The highest BCUT2D eigenvalue weighted by Gasteiger charge is 2.19. The Kier molecular flexibility index (Phi) is 7.85. The van der Waals surface area contributed by atoms with Crippen molar-refractivity contribution in [1.29, 1.82) is 0 Å². The van der Waals surface area contributed by atoms with Gasteiger partial charge >= 0.3 is 0 Å². The SMILES string of the molecule is Cc1ccc(C(=O)N(Cc2ccc(F)cc2)c2cccc(CC(=O)NCc3ccc(F)cc3)c2)cc1. The summed E-state index contributed by atoms with van der Waals surface area (Å²) in [5.41, 5.74) is 4.53. The molecule has 1 N–H and O–H groups in total. The van der Waals surface area contributed by atoms with Crippen molar-refractivity contribution in [2.45, 2.75) is 26.4 Å². The van der Waals surface area contributed by atoms with Crippen LogP contribution in [0.1, 0.15) is 32.6 Å². The van der Waals surface area contributed by atoms with Crippen molar-refractivity contribution >= 4 is 17.5 Å². The number of carbonyl (C=O) groups excluding carboxylic acids is 2. The van der Waals surface area contributed by atoms with Crippen LogP contribution in [-0.4, -0.2) is 11.8 Å². The smallest absolute Gasteiger partial charge is 0.258 e. The van der Waals surface area contributed by atoms with Gasteiger partial charge in [-0.25, -0.2) is 8.78 Å². The summed E-state index contributed by atoms with van der Waals surface area (Å²) >= 11 is 0. The molecule has 0 aliphatic heterocycles. The van der Waals surface area contributed by atoms with E-state index in [1.54, 1.807) is 47.4 Å². The second kappa shape index (κ2) is 11.4. The number of benzene rings is 4. The molecule has 4 aromatic carbocycles. The highest BCUT2D eigenvalue weighted by atomic mass is 19.1. The summed E-state index contributed by atoms with van der Waals surface area (Å²) < 4.78 is 26.5. The molecule has 0 unspecified atom stereocenters. The lowest BCUT2D eigenvalue weighted by molar-refractivity contribution is -0.120. The molecule has 182 valence electrons. The maximum Gasteiger partial charge on any atom is 0.258 e. The van der Waals surface area contributed by atoms with Crippen LogP contribution in [0, 0.1) is 18.6 Å². The topological polar surface area (TPSA) is 49.4 Å². The first-order chi connectivity index (χ1) is 17.4. The molecular weight excluding hydrogens is 458 g/mol. The van der Waals surface area contributed by atoms with Gasteiger partial charge in [-0.15, -0.1) is 0 Å². The lowest BCUT2D eigenvalue weighted by Crippen LogP contribution is -2.30. The molecule has 0 spiro atoms. The predicted molar refractivity (Wildman–Crippen MR) is 136 cm³/mol. The Morgan fingerprint density at radius 3 is 2.00 bits per heavy atom. The molecule has 0 atom stereocenters. The molecule has 36 heavy (non-hydrogen) atoms. The molecule has 4 nitrogen and oxygen atoms in total. The van der Waals surface area contributed by atoms with E-state index in [0.29, 0.717) is 17.8 Å². The zero-order valence-electron chi connectivity index (χ0n) is 19.9. The van der Waals surface area contributed by atoms with Gasteiger partial charge in [-0.3, -0.25) is 9.59 Å². The molecule has 0 saturated carbocycles. The number of carbonyl (C=O) groups is 2. The van der Waals surface area contributed by atoms with E-state index in [9.17, 15) is 18.4 Å². The number of amides is 2. The van der Waals surface area contributed by atoms with Crippen LogP contribution < -0.4 is 10.2 Å². The van der Waals surface area contributed by atoms with Gasteiger partial charge in [-0.2, -0.15) is 0 Å². The number of anilines is 1. The largest absolute Gasteiger partial charge is 0.352 e. The third-order valence-corrected chi connectivity index (χ3v) is 5.79. The Labute approximate surface area is 209 Å². The molecule has 2 amide bonds. The zero-order chi connectivity index (χ0) is 25.5. The van der Waals surface area contributed by atoms with Crippen LogP contribution in [0.2, 0.25) is 0 Å². The third-order valence-electron chi connectivity index (χ3n) is 5.79. The van der Waals surface area contributed by atoms with Gasteiger partial charge in [-0.05, 0) is 72.1 Å². The molecule has 0 aliphatic rings. The first kappa shape index (κ1) is 24.8. The van der Waals surface area contributed by atoms with Gasteiger partial charge in [0.25, 0.3) is 5.91 Å². The number of halogens is 2. The Bertz CT molecular complexity index is 1340. The normalized spacial score (nSPS) is 10.6. The van der Waals surface area contributed by atoms with Crippen LogP contribution >= 0.6 is 0 Å². The zero-order valence-corrected chi connectivity index (χ0v) is 19.9. The van der Waals surface area contributed by atoms with Crippen LogP contribution in [0.25, 0.3) is 0 Å². The van der Waals surface area contributed by atoms with Gasteiger partial charge in [0.15, 0.2) is 0 Å².